The number of hydrogen-bond donors (Lipinski definition) is 1. The maximum Gasteiger partial charge on any atom is 0.233 e. The minimum Gasteiger partial charge on any atom is -0.353 e. The number of nitrogens with zero attached hydrogens (tertiary/aromatic N) is 2. The summed E-state index contributed by atoms with van der Waals surface area (Å²) >= 11 is 3.07. The summed E-state index contributed by atoms with van der Waals surface area (Å²) in [6.45, 7) is 3.98. The SMILES string of the molecule is CC(CCc1ccccc1)NC(=O)C(C)Sc1ncnc2sccc12. The summed E-state index contributed by atoms with van der Waals surface area (Å²) < 4.78 is 0. The first-order valence-electron chi connectivity index (χ1n) is 8.32. The highest BCUT2D eigenvalue weighted by atomic mass is 32.2. The molecule has 0 radical (unpaired) electrons. The largest absolute Gasteiger partial charge is 0.353 e. The Labute approximate surface area is 156 Å². The van der Waals surface area contributed by atoms with E-state index < -0.39 is 0 Å². The van der Waals surface area contributed by atoms with Crippen molar-refractivity contribution in [3.63, 3.8) is 0 Å². The van der Waals surface area contributed by atoms with Gasteiger partial charge in [-0.2, -0.15) is 0 Å². The zero-order valence-corrected chi connectivity index (χ0v) is 15.9. The molecule has 4 nitrogen and oxygen atoms in total. The highest BCUT2D eigenvalue weighted by Gasteiger charge is 2.18. The van der Waals surface area contributed by atoms with Gasteiger partial charge in [0.15, 0.2) is 0 Å². The zero-order chi connectivity index (χ0) is 17.6. The van der Waals surface area contributed by atoms with Crippen molar-refractivity contribution < 1.29 is 4.79 Å². The number of nitrogens with one attached hydrogen (secondary N) is 1. The van der Waals surface area contributed by atoms with Gasteiger partial charge >= 0.3 is 0 Å². The van der Waals surface area contributed by atoms with Crippen LogP contribution in [0.3, 0.4) is 0 Å². The van der Waals surface area contributed by atoms with Crippen LogP contribution in [0.5, 0.6) is 0 Å². The summed E-state index contributed by atoms with van der Waals surface area (Å²) in [4.78, 5) is 22.0. The van der Waals surface area contributed by atoms with Gasteiger partial charge in [-0.1, -0.05) is 42.1 Å². The molecule has 2 aromatic heterocycles. The fourth-order valence-electron chi connectivity index (χ4n) is 2.54. The van der Waals surface area contributed by atoms with Gasteiger partial charge in [0.05, 0.1) is 5.25 Å². The lowest BCUT2D eigenvalue weighted by Crippen LogP contribution is -2.37. The van der Waals surface area contributed by atoms with Gasteiger partial charge in [0.2, 0.25) is 5.91 Å². The number of hydrogen-bond acceptors (Lipinski definition) is 5. The molecule has 0 saturated carbocycles. The molecule has 2 unspecified atom stereocenters. The van der Waals surface area contributed by atoms with Gasteiger partial charge in [-0.05, 0) is 43.7 Å². The number of benzene rings is 1. The molecular weight excluding hydrogens is 350 g/mol. The van der Waals surface area contributed by atoms with Gasteiger partial charge in [0.25, 0.3) is 0 Å². The molecule has 2 atom stereocenters. The van der Waals surface area contributed by atoms with Crippen molar-refractivity contribution in [2.24, 2.45) is 0 Å². The Morgan fingerprint density at radius 3 is 2.80 bits per heavy atom. The van der Waals surface area contributed by atoms with Crippen molar-refractivity contribution in [1.82, 2.24) is 15.3 Å². The molecule has 0 aliphatic rings. The van der Waals surface area contributed by atoms with E-state index in [1.54, 1.807) is 17.7 Å². The van der Waals surface area contributed by atoms with E-state index in [1.807, 2.05) is 36.6 Å². The second-order valence-electron chi connectivity index (χ2n) is 6.01. The second kappa shape index (κ2) is 8.45. The molecule has 3 aromatic rings. The van der Waals surface area contributed by atoms with Crippen LogP contribution < -0.4 is 5.32 Å². The summed E-state index contributed by atoms with van der Waals surface area (Å²) in [6.07, 6.45) is 3.45. The normalized spacial score (nSPS) is 13.5. The molecule has 1 N–H and O–H groups in total. The van der Waals surface area contributed by atoms with E-state index in [1.165, 1.54) is 17.3 Å². The Morgan fingerprint density at radius 2 is 2.00 bits per heavy atom. The number of carbonyl (C=O) groups excluding carboxylic acids is 1. The Bertz CT molecular complexity index is 835. The topological polar surface area (TPSA) is 54.9 Å². The number of rotatable bonds is 7. The van der Waals surface area contributed by atoms with E-state index >= 15 is 0 Å². The van der Waals surface area contributed by atoms with Gasteiger partial charge in [-0.3, -0.25) is 4.79 Å². The summed E-state index contributed by atoms with van der Waals surface area (Å²) in [5.74, 6) is 0.0487. The van der Waals surface area contributed by atoms with Gasteiger partial charge in [-0.25, -0.2) is 9.97 Å². The van der Waals surface area contributed by atoms with Crippen LogP contribution >= 0.6 is 23.1 Å². The molecule has 1 amide bonds. The monoisotopic (exact) mass is 371 g/mol. The zero-order valence-electron chi connectivity index (χ0n) is 14.3. The molecule has 6 heteroatoms. The Kier molecular flexibility index (Phi) is 6.04. The van der Waals surface area contributed by atoms with Crippen molar-refractivity contribution in [1.29, 1.82) is 0 Å². The fourth-order valence-corrected chi connectivity index (χ4v) is 4.25. The van der Waals surface area contributed by atoms with Crippen molar-refractivity contribution in [2.45, 2.75) is 43.0 Å². The minimum atomic E-state index is -0.197. The lowest BCUT2D eigenvalue weighted by molar-refractivity contribution is -0.120. The number of thioether (sulfide) groups is 1. The summed E-state index contributed by atoms with van der Waals surface area (Å²) in [6, 6.07) is 12.5. The van der Waals surface area contributed by atoms with Gasteiger partial charge in [-0.15, -0.1) is 11.3 Å². The van der Waals surface area contributed by atoms with E-state index in [0.29, 0.717) is 0 Å². The third-order valence-electron chi connectivity index (χ3n) is 3.98. The van der Waals surface area contributed by atoms with Gasteiger partial charge < -0.3 is 5.32 Å². The molecule has 0 saturated heterocycles. The third-order valence-corrected chi connectivity index (χ3v) is 5.92. The fraction of sp³-hybridized carbons (Fsp3) is 0.316. The predicted octanol–water partition coefficient (Wildman–Crippen LogP) is 4.31. The van der Waals surface area contributed by atoms with E-state index in [9.17, 15) is 4.79 Å². The Hall–Kier alpha value is -1.92. The quantitative estimate of drug-likeness (QED) is 0.497. The number of aryl methyl sites for hydroxylation is 1. The molecule has 25 heavy (non-hydrogen) atoms. The smallest absolute Gasteiger partial charge is 0.233 e. The molecule has 3 rings (SSSR count). The van der Waals surface area contributed by atoms with Crippen LogP contribution in [0, 0.1) is 0 Å². The molecule has 0 aliphatic carbocycles. The first-order valence-corrected chi connectivity index (χ1v) is 10.1. The maximum atomic E-state index is 12.5. The minimum absolute atomic E-state index is 0.0487. The van der Waals surface area contributed by atoms with Crippen LogP contribution in [0.1, 0.15) is 25.8 Å². The maximum absolute atomic E-state index is 12.5. The average Bonchev–Trinajstić information content (AvgIpc) is 3.10. The third kappa shape index (κ3) is 4.80. The first-order chi connectivity index (χ1) is 12.1. The Balaban J connectivity index is 1.52. The molecule has 130 valence electrons. The lowest BCUT2D eigenvalue weighted by atomic mass is 10.1. The van der Waals surface area contributed by atoms with Crippen LogP contribution in [0.15, 0.2) is 53.1 Å². The summed E-state index contributed by atoms with van der Waals surface area (Å²) in [5.41, 5.74) is 1.30. The lowest BCUT2D eigenvalue weighted by Gasteiger charge is -2.17. The van der Waals surface area contributed by atoms with Crippen molar-refractivity contribution in [3.8, 4) is 0 Å². The predicted molar refractivity (Wildman–Crippen MR) is 105 cm³/mol. The standard InChI is InChI=1S/C19H21N3OS2/c1-13(8-9-15-6-4-3-5-7-15)22-17(23)14(2)25-19-16-10-11-24-18(16)20-12-21-19/h3-7,10-14H,8-9H2,1-2H3,(H,22,23). The molecule has 0 fully saturated rings. The molecule has 0 aliphatic heterocycles. The number of aromatic nitrogens is 2. The molecule has 0 bridgehead atoms. The van der Waals surface area contributed by atoms with E-state index in [4.69, 9.17) is 0 Å². The molecule has 1 aromatic carbocycles. The summed E-state index contributed by atoms with van der Waals surface area (Å²) in [5, 5.41) is 6.80. The molecular formula is C19H21N3OS2. The number of fused-ring (bicyclic) bond motifs is 1. The van der Waals surface area contributed by atoms with Crippen LogP contribution in [-0.4, -0.2) is 27.2 Å². The van der Waals surface area contributed by atoms with Crippen LogP contribution in [-0.2, 0) is 11.2 Å². The van der Waals surface area contributed by atoms with Crippen LogP contribution in [0.25, 0.3) is 10.2 Å². The highest BCUT2D eigenvalue weighted by molar-refractivity contribution is 8.00. The average molecular weight is 372 g/mol. The van der Waals surface area contributed by atoms with E-state index in [-0.39, 0.29) is 17.2 Å². The molecule has 2 heterocycles. The van der Waals surface area contributed by atoms with Gasteiger partial charge in [0.1, 0.15) is 16.2 Å². The van der Waals surface area contributed by atoms with E-state index in [0.717, 1.165) is 28.1 Å². The first kappa shape index (κ1) is 17.9. The van der Waals surface area contributed by atoms with Crippen molar-refractivity contribution in [2.75, 3.05) is 0 Å². The highest BCUT2D eigenvalue weighted by Crippen LogP contribution is 2.30. The summed E-state index contributed by atoms with van der Waals surface area (Å²) in [7, 11) is 0. The Morgan fingerprint density at radius 1 is 1.20 bits per heavy atom. The number of carbonyl (C=O) groups is 1. The van der Waals surface area contributed by atoms with Crippen LogP contribution in [0.2, 0.25) is 0 Å². The van der Waals surface area contributed by atoms with Crippen molar-refractivity contribution >= 4 is 39.2 Å². The van der Waals surface area contributed by atoms with Gasteiger partial charge in [0, 0.05) is 11.4 Å². The number of thiophene rings is 1. The second-order valence-corrected chi connectivity index (χ2v) is 8.24. The van der Waals surface area contributed by atoms with Crippen molar-refractivity contribution in [3.05, 3.63) is 53.7 Å². The van der Waals surface area contributed by atoms with E-state index in [2.05, 4.69) is 34.3 Å². The van der Waals surface area contributed by atoms with Crippen LogP contribution in [0.4, 0.5) is 0 Å². The number of amides is 1. The molecule has 0 spiro atoms.